The van der Waals surface area contributed by atoms with Crippen molar-refractivity contribution >= 4 is 52.3 Å². The van der Waals surface area contributed by atoms with E-state index in [1.807, 2.05) is 6.92 Å². The third-order valence-electron chi connectivity index (χ3n) is 5.98. The number of rotatable bonds is 8. The predicted molar refractivity (Wildman–Crippen MR) is 123 cm³/mol. The van der Waals surface area contributed by atoms with Crippen LogP contribution in [0.1, 0.15) is 43.1 Å². The largest absolute Gasteiger partial charge is 0.374 e. The molecule has 3 atom stereocenters. The number of pyridine rings is 1. The Kier molecular flexibility index (Phi) is 7.00. The summed E-state index contributed by atoms with van der Waals surface area (Å²) in [6.07, 6.45) is 1.92. The van der Waals surface area contributed by atoms with E-state index in [-0.39, 0.29) is 41.6 Å². The zero-order chi connectivity index (χ0) is 23.8. The molecule has 0 aromatic carbocycles. The summed E-state index contributed by atoms with van der Waals surface area (Å²) in [5, 5.41) is 13.9. The lowest BCUT2D eigenvalue weighted by molar-refractivity contribution is -0.137. The molecule has 0 spiro atoms. The molecule has 2 aliphatic rings. The first kappa shape index (κ1) is 24.3. The van der Waals surface area contributed by atoms with Crippen LogP contribution in [-0.4, -0.2) is 62.8 Å². The third-order valence-corrected chi connectivity index (χ3v) is 6.85. The average Bonchev–Trinajstić information content (AvgIpc) is 3.12. The maximum absolute atomic E-state index is 12.9. The molecule has 11 heteroatoms. The van der Waals surface area contributed by atoms with Gasteiger partial charge in [-0.25, -0.2) is 0 Å². The number of anilines is 1. The van der Waals surface area contributed by atoms with Gasteiger partial charge in [-0.3, -0.25) is 24.8 Å². The third kappa shape index (κ3) is 5.15. The van der Waals surface area contributed by atoms with Crippen LogP contribution in [0.25, 0.3) is 0 Å². The van der Waals surface area contributed by atoms with E-state index in [2.05, 4.69) is 15.6 Å². The van der Waals surface area contributed by atoms with Gasteiger partial charge in [0.05, 0.1) is 17.9 Å². The van der Waals surface area contributed by atoms with E-state index >= 15 is 0 Å². The fourth-order valence-electron chi connectivity index (χ4n) is 4.18. The Morgan fingerprint density at radius 2 is 2.03 bits per heavy atom. The number of carbonyl (C=O) groups excluding carboxylic acids is 3. The fourth-order valence-corrected chi connectivity index (χ4v) is 4.89. The molecule has 1 saturated heterocycles. The highest BCUT2D eigenvalue weighted by atomic mass is 35.5. The van der Waals surface area contributed by atoms with E-state index in [9.17, 15) is 14.4 Å². The average molecular weight is 483 g/mol. The molecule has 0 radical (unpaired) electrons. The fraction of sp³-hybridized carbons (Fsp3) is 0.571. The molecular weight excluding hydrogens is 455 g/mol. The van der Waals surface area contributed by atoms with Gasteiger partial charge in [0.1, 0.15) is 16.1 Å². The number of likely N-dealkylation sites (tertiary alicyclic amines) is 1. The van der Waals surface area contributed by atoms with Crippen molar-refractivity contribution in [1.82, 2.24) is 15.2 Å². The quantitative estimate of drug-likeness (QED) is 0.329. The minimum absolute atomic E-state index is 0.00184. The molecule has 174 valence electrons. The Balaban J connectivity index is 1.66. The van der Waals surface area contributed by atoms with E-state index in [1.54, 1.807) is 24.8 Å². The van der Waals surface area contributed by atoms with Gasteiger partial charge in [-0.1, -0.05) is 0 Å². The van der Waals surface area contributed by atoms with Crippen LogP contribution in [0.15, 0.2) is 6.07 Å². The molecule has 9 nitrogen and oxygen atoms in total. The topological polar surface area (TPSA) is 141 Å². The highest BCUT2D eigenvalue weighted by molar-refractivity contribution is 6.51. The molecule has 32 heavy (non-hydrogen) atoms. The smallest absolute Gasteiger partial charge is 0.267 e. The van der Waals surface area contributed by atoms with Crippen molar-refractivity contribution in [1.29, 1.82) is 5.41 Å². The van der Waals surface area contributed by atoms with Crippen LogP contribution in [0, 0.1) is 25.2 Å². The minimum Gasteiger partial charge on any atom is -0.374 e. The normalized spacial score (nSPS) is 22.2. The molecule has 1 aromatic heterocycles. The lowest BCUT2D eigenvalue weighted by Gasteiger charge is -2.26. The number of hydrogen-bond donors (Lipinski definition) is 4. The molecule has 5 N–H and O–H groups in total. The van der Waals surface area contributed by atoms with Crippen molar-refractivity contribution in [3.05, 3.63) is 23.0 Å². The standard InChI is InChI=1S/C21H28Cl2N6O3/c1-10-7-13(17(24)19(25)31)18(12(3)27-10)26-9-16(30)29-6-4-5-15(29)20(32)28-11(2)14-8-21(14,22)23/h7,11,14-15,24,26H,4-6,8-9H2,1-3H3,(H2,25,31)(H,28,32)/t11-,14-,15+/m1/s1. The molecule has 0 unspecified atom stereocenters. The Morgan fingerprint density at radius 1 is 1.38 bits per heavy atom. The van der Waals surface area contributed by atoms with Crippen LogP contribution in [0.4, 0.5) is 5.69 Å². The van der Waals surface area contributed by atoms with E-state index in [0.717, 1.165) is 6.42 Å². The number of aromatic nitrogens is 1. The van der Waals surface area contributed by atoms with Crippen LogP contribution in [0.2, 0.25) is 0 Å². The SMILES string of the molecule is Cc1cc(C(=N)C(N)=O)c(NCC(=O)N2CCC[C@H]2C(=O)N[C@H](C)[C@H]2CC2(Cl)Cl)c(C)n1. The second kappa shape index (κ2) is 9.23. The molecule has 0 bridgehead atoms. The number of nitrogens with one attached hydrogen (secondary N) is 3. The summed E-state index contributed by atoms with van der Waals surface area (Å²) in [5.41, 5.74) is 6.76. The van der Waals surface area contributed by atoms with E-state index in [1.165, 1.54) is 0 Å². The van der Waals surface area contributed by atoms with E-state index < -0.39 is 16.3 Å². The summed E-state index contributed by atoms with van der Waals surface area (Å²) in [5.74, 6) is -1.35. The number of nitrogens with zero attached hydrogens (tertiary/aromatic N) is 2. The first-order valence-electron chi connectivity index (χ1n) is 10.5. The number of nitrogens with two attached hydrogens (primary N) is 1. The van der Waals surface area contributed by atoms with Crippen LogP contribution >= 0.6 is 23.2 Å². The van der Waals surface area contributed by atoms with Gasteiger partial charge >= 0.3 is 0 Å². The maximum Gasteiger partial charge on any atom is 0.267 e. The lowest BCUT2D eigenvalue weighted by Crippen LogP contribution is -2.50. The van der Waals surface area contributed by atoms with Crippen LogP contribution in [0.3, 0.4) is 0 Å². The van der Waals surface area contributed by atoms with Gasteiger partial charge in [0, 0.05) is 29.8 Å². The highest BCUT2D eigenvalue weighted by Gasteiger charge is 2.55. The monoisotopic (exact) mass is 482 g/mol. The zero-order valence-corrected chi connectivity index (χ0v) is 19.8. The van der Waals surface area contributed by atoms with Crippen molar-refractivity contribution in [2.24, 2.45) is 11.7 Å². The summed E-state index contributed by atoms with van der Waals surface area (Å²) >= 11 is 12.2. The Bertz CT molecular complexity index is 967. The summed E-state index contributed by atoms with van der Waals surface area (Å²) in [6, 6.07) is 0.828. The Labute approximate surface area is 196 Å². The Hall–Kier alpha value is -2.39. The van der Waals surface area contributed by atoms with Gasteiger partial charge in [0.25, 0.3) is 5.91 Å². The molecule has 1 aliphatic carbocycles. The lowest BCUT2D eigenvalue weighted by atomic mass is 10.1. The van der Waals surface area contributed by atoms with Crippen LogP contribution in [0.5, 0.6) is 0 Å². The van der Waals surface area contributed by atoms with Crippen molar-refractivity contribution in [2.75, 3.05) is 18.4 Å². The van der Waals surface area contributed by atoms with Gasteiger partial charge < -0.3 is 21.3 Å². The van der Waals surface area contributed by atoms with E-state index in [0.29, 0.717) is 36.5 Å². The highest BCUT2D eigenvalue weighted by Crippen LogP contribution is 2.54. The van der Waals surface area contributed by atoms with Gasteiger partial charge in [0.2, 0.25) is 11.8 Å². The van der Waals surface area contributed by atoms with Crippen molar-refractivity contribution in [2.45, 2.75) is 56.5 Å². The number of halogens is 2. The van der Waals surface area contributed by atoms with Crippen LogP contribution < -0.4 is 16.4 Å². The zero-order valence-electron chi connectivity index (χ0n) is 18.3. The molecule has 1 saturated carbocycles. The summed E-state index contributed by atoms with van der Waals surface area (Å²) in [4.78, 5) is 43.2. The van der Waals surface area contributed by atoms with Gasteiger partial charge in [-0.05, 0) is 46.1 Å². The number of aryl methyl sites for hydroxylation is 2. The molecule has 1 aliphatic heterocycles. The van der Waals surface area contributed by atoms with Gasteiger partial charge in [-0.2, -0.15) is 0 Å². The van der Waals surface area contributed by atoms with Crippen molar-refractivity contribution in [3.63, 3.8) is 0 Å². The number of carbonyl (C=O) groups is 3. The molecule has 1 aromatic rings. The molecular formula is C21H28Cl2N6O3. The summed E-state index contributed by atoms with van der Waals surface area (Å²) in [7, 11) is 0. The maximum atomic E-state index is 12.9. The second-order valence-corrected chi connectivity index (χ2v) is 10.0. The second-order valence-electron chi connectivity index (χ2n) is 8.48. The molecule has 3 amide bonds. The first-order chi connectivity index (χ1) is 14.9. The van der Waals surface area contributed by atoms with Gasteiger partial charge in [-0.15, -0.1) is 23.2 Å². The first-order valence-corrected chi connectivity index (χ1v) is 11.3. The van der Waals surface area contributed by atoms with Crippen LogP contribution in [-0.2, 0) is 14.4 Å². The Morgan fingerprint density at radius 3 is 2.62 bits per heavy atom. The molecule has 3 rings (SSSR count). The number of hydrogen-bond acceptors (Lipinski definition) is 6. The summed E-state index contributed by atoms with van der Waals surface area (Å²) < 4.78 is -0.794. The summed E-state index contributed by atoms with van der Waals surface area (Å²) in [6.45, 7) is 5.69. The van der Waals surface area contributed by atoms with Crippen molar-refractivity contribution in [3.8, 4) is 0 Å². The number of primary amides is 1. The van der Waals surface area contributed by atoms with Gasteiger partial charge in [0.15, 0.2) is 0 Å². The minimum atomic E-state index is -0.872. The van der Waals surface area contributed by atoms with Crippen molar-refractivity contribution < 1.29 is 14.4 Å². The molecule has 2 fully saturated rings. The predicted octanol–water partition coefficient (Wildman–Crippen LogP) is 1.65. The van der Waals surface area contributed by atoms with E-state index in [4.69, 9.17) is 34.3 Å². The number of amides is 3. The molecule has 2 heterocycles. The number of alkyl halides is 2.